The summed E-state index contributed by atoms with van der Waals surface area (Å²) in [6.07, 6.45) is 0. The molecule has 0 spiro atoms. The number of rotatable bonds is 2. The molecule has 34 heavy (non-hydrogen) atoms. The SMILES string of the molecule is Fc1c(F)c(F)c2c(c1F)c(-c1ccccc1)c(-c1ccccc1)c1c(F)c(F)c(F)c(F)c12. The van der Waals surface area contributed by atoms with Crippen molar-refractivity contribution < 1.29 is 35.1 Å². The molecule has 5 aromatic carbocycles. The van der Waals surface area contributed by atoms with Gasteiger partial charge in [0, 0.05) is 32.7 Å². The Bertz CT molecular complexity index is 1490. The van der Waals surface area contributed by atoms with Crippen molar-refractivity contribution in [3.05, 3.63) is 107 Å². The molecule has 0 heterocycles. The number of halogens is 8. The zero-order valence-electron chi connectivity index (χ0n) is 16.8. The van der Waals surface area contributed by atoms with E-state index in [0.29, 0.717) is 0 Å². The molecule has 0 aliphatic carbocycles. The highest BCUT2D eigenvalue weighted by Gasteiger charge is 2.33. The lowest BCUT2D eigenvalue weighted by molar-refractivity contribution is 0.415. The van der Waals surface area contributed by atoms with Crippen LogP contribution in [0.1, 0.15) is 0 Å². The number of benzene rings is 5. The van der Waals surface area contributed by atoms with Gasteiger partial charge in [0.1, 0.15) is 0 Å². The van der Waals surface area contributed by atoms with Crippen LogP contribution in [0.5, 0.6) is 0 Å². The molecule has 0 saturated carbocycles. The maximum atomic E-state index is 15.3. The Kier molecular flexibility index (Phi) is 5.04. The van der Waals surface area contributed by atoms with Crippen molar-refractivity contribution in [2.75, 3.05) is 0 Å². The van der Waals surface area contributed by atoms with E-state index in [1.165, 1.54) is 48.5 Å². The molecular weight excluding hydrogens is 464 g/mol. The fourth-order valence-corrected chi connectivity index (χ4v) is 4.24. The fraction of sp³-hybridized carbons (Fsp3) is 0. The molecule has 5 aromatic rings. The number of hydrogen-bond acceptors (Lipinski definition) is 0. The second kappa shape index (κ2) is 7.83. The van der Waals surface area contributed by atoms with Gasteiger partial charge in [0.05, 0.1) is 0 Å². The van der Waals surface area contributed by atoms with Crippen molar-refractivity contribution in [3.8, 4) is 22.3 Å². The lowest BCUT2D eigenvalue weighted by atomic mass is 9.84. The van der Waals surface area contributed by atoms with E-state index in [1.54, 1.807) is 12.1 Å². The fourth-order valence-electron chi connectivity index (χ4n) is 4.24. The zero-order valence-corrected chi connectivity index (χ0v) is 16.8. The molecule has 5 rings (SSSR count). The normalized spacial score (nSPS) is 11.5. The summed E-state index contributed by atoms with van der Waals surface area (Å²) in [6.45, 7) is 0. The van der Waals surface area contributed by atoms with Gasteiger partial charge >= 0.3 is 0 Å². The summed E-state index contributed by atoms with van der Waals surface area (Å²) in [5.74, 6) is -16.9. The third-order valence-corrected chi connectivity index (χ3v) is 5.66. The molecule has 0 saturated heterocycles. The van der Waals surface area contributed by atoms with Gasteiger partial charge in [-0.2, -0.15) is 0 Å². The van der Waals surface area contributed by atoms with Crippen molar-refractivity contribution in [2.45, 2.75) is 0 Å². The summed E-state index contributed by atoms with van der Waals surface area (Å²) >= 11 is 0. The Hall–Kier alpha value is -3.94. The first-order chi connectivity index (χ1) is 16.3. The van der Waals surface area contributed by atoms with Crippen LogP contribution in [0.15, 0.2) is 60.7 Å². The molecule has 170 valence electrons. The summed E-state index contributed by atoms with van der Waals surface area (Å²) in [5.41, 5.74) is -0.535. The van der Waals surface area contributed by atoms with Gasteiger partial charge in [0.25, 0.3) is 0 Å². The monoisotopic (exact) mass is 474 g/mol. The number of fused-ring (bicyclic) bond motifs is 3. The summed E-state index contributed by atoms with van der Waals surface area (Å²) < 4.78 is 118. The van der Waals surface area contributed by atoms with Gasteiger partial charge in [-0.05, 0) is 11.1 Å². The van der Waals surface area contributed by atoms with E-state index in [9.17, 15) is 17.6 Å². The van der Waals surface area contributed by atoms with Crippen molar-refractivity contribution in [2.24, 2.45) is 0 Å². The minimum absolute atomic E-state index is 0.0853. The van der Waals surface area contributed by atoms with Gasteiger partial charge in [0.2, 0.25) is 0 Å². The molecular formula is C26H10F8. The van der Waals surface area contributed by atoms with E-state index in [1.807, 2.05) is 0 Å². The van der Waals surface area contributed by atoms with Crippen molar-refractivity contribution >= 4 is 21.5 Å². The average molecular weight is 474 g/mol. The zero-order chi connectivity index (χ0) is 24.3. The molecule has 0 aliphatic rings. The Balaban J connectivity index is 2.26. The molecule has 0 N–H and O–H groups in total. The van der Waals surface area contributed by atoms with Crippen molar-refractivity contribution in [3.63, 3.8) is 0 Å². The van der Waals surface area contributed by atoms with Gasteiger partial charge in [-0.25, -0.2) is 35.1 Å². The maximum Gasteiger partial charge on any atom is 0.198 e. The molecule has 0 atom stereocenters. The van der Waals surface area contributed by atoms with E-state index >= 15 is 17.6 Å². The summed E-state index contributed by atoms with van der Waals surface area (Å²) in [7, 11) is 0. The molecule has 0 radical (unpaired) electrons. The van der Waals surface area contributed by atoms with Crippen molar-refractivity contribution in [1.29, 1.82) is 0 Å². The summed E-state index contributed by atoms with van der Waals surface area (Å²) in [4.78, 5) is 0. The Labute approximate surface area is 186 Å². The van der Waals surface area contributed by atoms with Crippen LogP contribution in [0, 0.1) is 46.5 Å². The van der Waals surface area contributed by atoms with Crippen LogP contribution >= 0.6 is 0 Å². The van der Waals surface area contributed by atoms with Gasteiger partial charge < -0.3 is 0 Å². The molecule has 0 aliphatic heterocycles. The standard InChI is InChI=1S/C26H10F8/c27-19-15-13(11-7-3-1-4-8-11)14(12-9-5-2-6-10-12)16-18(17(15)21(29)25(33)23(19)31)22(30)26(34)24(32)20(16)28/h1-10H. The van der Waals surface area contributed by atoms with Crippen LogP contribution in [0.3, 0.4) is 0 Å². The Morgan fingerprint density at radius 1 is 0.294 bits per heavy atom. The topological polar surface area (TPSA) is 0 Å². The summed E-state index contributed by atoms with van der Waals surface area (Å²) in [5, 5.41) is -4.39. The third kappa shape index (κ3) is 2.91. The highest BCUT2D eigenvalue weighted by atomic mass is 19.2. The van der Waals surface area contributed by atoms with Crippen molar-refractivity contribution in [1.82, 2.24) is 0 Å². The Morgan fingerprint density at radius 2 is 0.559 bits per heavy atom. The largest absolute Gasteiger partial charge is 0.203 e. The van der Waals surface area contributed by atoms with Crippen LogP contribution in [0.25, 0.3) is 43.8 Å². The maximum absolute atomic E-state index is 15.3. The summed E-state index contributed by atoms with van der Waals surface area (Å²) in [6, 6.07) is 14.6. The molecule has 0 fully saturated rings. The first-order valence-electron chi connectivity index (χ1n) is 9.83. The second-order valence-corrected chi connectivity index (χ2v) is 7.49. The predicted molar refractivity (Wildman–Crippen MR) is 112 cm³/mol. The van der Waals surface area contributed by atoms with Crippen LogP contribution in [0.2, 0.25) is 0 Å². The Morgan fingerprint density at radius 3 is 0.853 bits per heavy atom. The smallest absolute Gasteiger partial charge is 0.198 e. The first kappa shape index (κ1) is 21.9. The minimum Gasteiger partial charge on any atom is -0.203 e. The van der Waals surface area contributed by atoms with Crippen LogP contribution < -0.4 is 0 Å². The van der Waals surface area contributed by atoms with Gasteiger partial charge in [0.15, 0.2) is 46.5 Å². The lowest BCUT2D eigenvalue weighted by Gasteiger charge is -2.21. The van der Waals surface area contributed by atoms with E-state index < -0.39 is 68.1 Å². The predicted octanol–water partition coefficient (Wildman–Crippen LogP) is 8.44. The number of hydrogen-bond donors (Lipinski definition) is 0. The van der Waals surface area contributed by atoms with E-state index in [4.69, 9.17) is 0 Å². The van der Waals surface area contributed by atoms with Gasteiger partial charge in [-0.1, -0.05) is 60.7 Å². The molecule has 0 unspecified atom stereocenters. The van der Waals surface area contributed by atoms with Crippen LogP contribution in [-0.2, 0) is 0 Å². The lowest BCUT2D eigenvalue weighted by Crippen LogP contribution is -2.06. The first-order valence-corrected chi connectivity index (χ1v) is 9.83. The third-order valence-electron chi connectivity index (χ3n) is 5.66. The van der Waals surface area contributed by atoms with Gasteiger partial charge in [-0.3, -0.25) is 0 Å². The molecule has 0 amide bonds. The minimum atomic E-state index is -2.30. The highest BCUT2D eigenvalue weighted by Crippen LogP contribution is 2.49. The molecule has 0 aromatic heterocycles. The molecule has 0 nitrogen and oxygen atoms in total. The molecule has 0 bridgehead atoms. The van der Waals surface area contributed by atoms with Crippen LogP contribution in [0.4, 0.5) is 35.1 Å². The molecule has 8 heteroatoms. The van der Waals surface area contributed by atoms with E-state index in [2.05, 4.69) is 0 Å². The quantitative estimate of drug-likeness (QED) is 0.104. The highest BCUT2D eigenvalue weighted by molar-refractivity contribution is 6.22. The average Bonchev–Trinajstić information content (AvgIpc) is 2.87. The van der Waals surface area contributed by atoms with E-state index in [-0.39, 0.29) is 22.3 Å². The second-order valence-electron chi connectivity index (χ2n) is 7.49. The van der Waals surface area contributed by atoms with E-state index in [0.717, 1.165) is 0 Å². The van der Waals surface area contributed by atoms with Gasteiger partial charge in [-0.15, -0.1) is 0 Å². The van der Waals surface area contributed by atoms with Crippen LogP contribution in [-0.4, -0.2) is 0 Å².